The van der Waals surface area contributed by atoms with Gasteiger partial charge in [0, 0.05) is 4.87 Å². The quantitative estimate of drug-likeness (QED) is 0.401. The fourth-order valence-electron chi connectivity index (χ4n) is 5.21. The third kappa shape index (κ3) is 2.89. The van der Waals surface area contributed by atoms with Crippen LogP contribution in [0.4, 0.5) is 0 Å². The Kier molecular flexibility index (Phi) is 3.90. The van der Waals surface area contributed by atoms with Gasteiger partial charge in [-0.2, -0.15) is 0 Å². The molecule has 1 heterocycles. The lowest BCUT2D eigenvalue weighted by atomic mass is 9.49. The molecule has 0 amide bonds. The van der Waals surface area contributed by atoms with Gasteiger partial charge in [0.2, 0.25) is 5.78 Å². The summed E-state index contributed by atoms with van der Waals surface area (Å²) < 4.78 is 6.34. The lowest BCUT2D eigenvalue weighted by Crippen LogP contribution is -2.56. The topological polar surface area (TPSA) is 43.4 Å². The van der Waals surface area contributed by atoms with Gasteiger partial charge in [-0.25, -0.2) is 0 Å². The molecule has 0 radical (unpaired) electrons. The molecule has 4 bridgehead atoms. The van der Waals surface area contributed by atoms with Gasteiger partial charge >= 0.3 is 5.97 Å². The Bertz CT molecular complexity index is 657. The molecule has 1 aromatic heterocycles. The van der Waals surface area contributed by atoms with Crippen LogP contribution in [0.3, 0.4) is 0 Å². The average molecular weight is 418 g/mol. The molecule has 5 rings (SSSR count). The Morgan fingerprint density at radius 2 is 1.96 bits per heavy atom. The fourth-order valence-corrected chi connectivity index (χ4v) is 7.21. The monoisotopic (exact) mass is 416 g/mol. The van der Waals surface area contributed by atoms with E-state index in [0.717, 1.165) is 29.5 Å². The summed E-state index contributed by atoms with van der Waals surface area (Å²) in [6, 6.07) is 3.58. The summed E-state index contributed by atoms with van der Waals surface area (Å²) in [4.78, 5) is 25.3. The Morgan fingerprint density at radius 1 is 1.26 bits per heavy atom. The van der Waals surface area contributed by atoms with E-state index in [-0.39, 0.29) is 23.2 Å². The number of hydrogen-bond acceptors (Lipinski definition) is 4. The van der Waals surface area contributed by atoms with Gasteiger partial charge in [-0.3, -0.25) is 9.59 Å². The normalized spacial score (nSPS) is 37.8. The molecule has 0 spiro atoms. The van der Waals surface area contributed by atoms with Crippen molar-refractivity contribution < 1.29 is 14.3 Å². The molecule has 0 aliphatic heterocycles. The highest BCUT2D eigenvalue weighted by Crippen LogP contribution is 2.64. The van der Waals surface area contributed by atoms with Gasteiger partial charge in [-0.05, 0) is 78.4 Å². The predicted molar refractivity (Wildman–Crippen MR) is 93.0 cm³/mol. The van der Waals surface area contributed by atoms with Crippen molar-refractivity contribution in [1.82, 2.24) is 0 Å². The van der Waals surface area contributed by atoms with Gasteiger partial charge in [-0.1, -0.05) is 0 Å². The summed E-state index contributed by atoms with van der Waals surface area (Å²) in [5.41, 5.74) is -0.442. The number of carbonyl (C=O) groups excluding carboxylic acids is 2. The van der Waals surface area contributed by atoms with Crippen molar-refractivity contribution in [3.8, 4) is 0 Å². The van der Waals surface area contributed by atoms with Crippen molar-refractivity contribution >= 4 is 50.6 Å². The van der Waals surface area contributed by atoms with Gasteiger partial charge < -0.3 is 4.74 Å². The number of halogens is 2. The largest absolute Gasteiger partial charge is 0.457 e. The molecule has 4 aliphatic carbocycles. The van der Waals surface area contributed by atoms with Gasteiger partial charge in [0.25, 0.3) is 0 Å². The van der Waals surface area contributed by atoms with Crippen molar-refractivity contribution in [3.05, 3.63) is 20.8 Å². The van der Waals surface area contributed by atoms with Gasteiger partial charge in [-0.15, -0.1) is 22.9 Å². The van der Waals surface area contributed by atoms with E-state index in [2.05, 4.69) is 15.9 Å². The van der Waals surface area contributed by atoms with Crippen molar-refractivity contribution in [1.29, 1.82) is 0 Å². The first-order valence-electron chi connectivity index (χ1n) is 8.02. The van der Waals surface area contributed by atoms with E-state index < -0.39 is 5.41 Å². The highest BCUT2D eigenvalue weighted by Gasteiger charge is 2.60. The minimum Gasteiger partial charge on any atom is -0.457 e. The predicted octanol–water partition coefficient (Wildman–Crippen LogP) is 4.81. The van der Waals surface area contributed by atoms with Crippen molar-refractivity contribution in [2.24, 2.45) is 17.3 Å². The van der Waals surface area contributed by atoms with Crippen LogP contribution in [0.5, 0.6) is 0 Å². The zero-order valence-corrected chi connectivity index (χ0v) is 15.8. The zero-order chi connectivity index (χ0) is 16.2. The van der Waals surface area contributed by atoms with Crippen LogP contribution in [-0.4, -0.2) is 23.2 Å². The first kappa shape index (κ1) is 16.1. The van der Waals surface area contributed by atoms with Crippen molar-refractivity contribution in [3.63, 3.8) is 0 Å². The summed E-state index contributed by atoms with van der Waals surface area (Å²) in [5.74, 6) is 0.746. The van der Waals surface area contributed by atoms with Crippen LogP contribution in [0.2, 0.25) is 0 Å². The lowest BCUT2D eigenvalue weighted by Gasteiger charge is -2.58. The number of ether oxygens (including phenoxy) is 1. The number of hydrogen-bond donors (Lipinski definition) is 0. The zero-order valence-electron chi connectivity index (χ0n) is 12.6. The minimum absolute atomic E-state index is 0.139. The molecule has 4 fully saturated rings. The first-order valence-corrected chi connectivity index (χ1v) is 10.0. The first-order chi connectivity index (χ1) is 10.9. The molecule has 4 saturated carbocycles. The van der Waals surface area contributed by atoms with E-state index in [0.29, 0.717) is 23.1 Å². The van der Waals surface area contributed by atoms with Gasteiger partial charge in [0.15, 0.2) is 6.61 Å². The molecule has 2 unspecified atom stereocenters. The van der Waals surface area contributed by atoms with Crippen LogP contribution in [0.25, 0.3) is 0 Å². The number of rotatable bonds is 4. The van der Waals surface area contributed by atoms with Crippen LogP contribution < -0.4 is 0 Å². The van der Waals surface area contributed by atoms with Crippen molar-refractivity contribution in [2.75, 3.05) is 6.61 Å². The van der Waals surface area contributed by atoms with Gasteiger partial charge in [0.1, 0.15) is 0 Å². The molecule has 0 N–H and O–H groups in total. The molecule has 1 aromatic rings. The van der Waals surface area contributed by atoms with E-state index in [1.165, 1.54) is 17.8 Å². The highest BCUT2D eigenvalue weighted by molar-refractivity contribution is 9.11. The maximum Gasteiger partial charge on any atom is 0.312 e. The van der Waals surface area contributed by atoms with E-state index in [4.69, 9.17) is 16.3 Å². The molecule has 4 atom stereocenters. The van der Waals surface area contributed by atoms with Crippen LogP contribution in [0, 0.1) is 17.3 Å². The smallest absolute Gasteiger partial charge is 0.312 e. The molecule has 3 nitrogen and oxygen atoms in total. The second-order valence-corrected chi connectivity index (χ2v) is 10.8. The van der Waals surface area contributed by atoms with E-state index >= 15 is 0 Å². The maximum absolute atomic E-state index is 12.7. The SMILES string of the molecule is O=C(COC(=O)C12C[C@@H]3C[C@@H](CC(Cl)(C3)C1)C2)c1ccc(Br)s1. The molecular weight excluding hydrogens is 400 g/mol. The summed E-state index contributed by atoms with van der Waals surface area (Å²) >= 11 is 11.4. The van der Waals surface area contributed by atoms with Crippen LogP contribution >= 0.6 is 38.9 Å². The standard InChI is InChI=1S/C17H18BrClO3S/c18-14-2-1-13(23-14)12(20)8-22-15(21)16-4-10-3-11(5-16)7-17(19,6-10)9-16/h1-2,10-11H,3-9H2/t10-,11+,16?,17?. The van der Waals surface area contributed by atoms with Crippen LogP contribution in [0.15, 0.2) is 15.9 Å². The Labute approximate surface area is 152 Å². The summed E-state index contributed by atoms with van der Waals surface area (Å²) in [5, 5.41) is 0. The Morgan fingerprint density at radius 3 is 2.52 bits per heavy atom. The fraction of sp³-hybridized carbons (Fsp3) is 0.647. The summed E-state index contributed by atoms with van der Waals surface area (Å²) in [6.45, 7) is -0.168. The molecule has 23 heavy (non-hydrogen) atoms. The lowest BCUT2D eigenvalue weighted by molar-refractivity contribution is -0.168. The Hall–Kier alpha value is -0.390. The maximum atomic E-state index is 12.7. The Balaban J connectivity index is 1.44. The third-order valence-electron chi connectivity index (χ3n) is 5.61. The number of ketones is 1. The second-order valence-electron chi connectivity index (χ2n) is 7.50. The van der Waals surface area contributed by atoms with Crippen molar-refractivity contribution in [2.45, 2.75) is 43.4 Å². The molecular formula is C17H18BrClO3S. The molecule has 124 valence electrons. The molecule has 4 aliphatic rings. The van der Waals surface area contributed by atoms with Crippen LogP contribution in [-0.2, 0) is 9.53 Å². The number of thiophene rings is 1. The number of carbonyl (C=O) groups is 2. The molecule has 6 heteroatoms. The number of esters is 1. The van der Waals surface area contributed by atoms with Gasteiger partial charge in [0.05, 0.1) is 14.1 Å². The summed E-state index contributed by atoms with van der Waals surface area (Å²) in [7, 11) is 0. The van der Waals surface area contributed by atoms with E-state index in [1.807, 2.05) is 6.07 Å². The number of Topliss-reactive ketones (excluding diaryl/α,β-unsaturated/α-hetero) is 1. The highest BCUT2D eigenvalue weighted by atomic mass is 79.9. The second kappa shape index (κ2) is 5.57. The molecule has 0 aromatic carbocycles. The van der Waals surface area contributed by atoms with Crippen LogP contribution in [0.1, 0.15) is 48.2 Å². The average Bonchev–Trinajstić information content (AvgIpc) is 2.88. The minimum atomic E-state index is -0.442. The molecule has 0 saturated heterocycles. The van der Waals surface area contributed by atoms with E-state index in [9.17, 15) is 9.59 Å². The summed E-state index contributed by atoms with van der Waals surface area (Å²) in [6.07, 6.45) is 5.74. The number of alkyl halides is 1. The third-order valence-corrected chi connectivity index (χ3v) is 7.71. The van der Waals surface area contributed by atoms with E-state index in [1.54, 1.807) is 6.07 Å².